The molecule has 0 radical (unpaired) electrons. The van der Waals surface area contributed by atoms with Crippen molar-refractivity contribution in [2.24, 2.45) is 7.05 Å². The van der Waals surface area contributed by atoms with Crippen LogP contribution in [0.3, 0.4) is 0 Å². The molecule has 0 spiro atoms. The van der Waals surface area contributed by atoms with Crippen LogP contribution >= 0.6 is 0 Å². The van der Waals surface area contributed by atoms with Crippen LogP contribution in [0.2, 0.25) is 0 Å². The third-order valence-corrected chi connectivity index (χ3v) is 2.79. The topological polar surface area (TPSA) is 61.0 Å². The van der Waals surface area contributed by atoms with E-state index in [1.165, 1.54) is 0 Å². The van der Waals surface area contributed by atoms with Gasteiger partial charge in [0.2, 0.25) is 0 Å². The van der Waals surface area contributed by atoms with Crippen molar-refractivity contribution in [1.82, 2.24) is 24.8 Å². The Bertz CT molecular complexity index is 371. The number of nitriles is 1. The molecule has 0 saturated carbocycles. The van der Waals surface area contributed by atoms with E-state index in [4.69, 9.17) is 5.26 Å². The minimum Gasteiger partial charge on any atom is -0.295 e. The predicted molar refractivity (Wildman–Crippen MR) is 58.3 cm³/mol. The van der Waals surface area contributed by atoms with E-state index in [9.17, 15) is 0 Å². The van der Waals surface area contributed by atoms with Gasteiger partial charge in [0.1, 0.15) is 0 Å². The molecular weight excluding hydrogens is 204 g/mol. The second kappa shape index (κ2) is 5.05. The van der Waals surface area contributed by atoms with Crippen molar-refractivity contribution in [3.63, 3.8) is 0 Å². The molecule has 1 aliphatic rings. The zero-order valence-electron chi connectivity index (χ0n) is 9.50. The molecule has 0 aliphatic carbocycles. The summed E-state index contributed by atoms with van der Waals surface area (Å²) in [6.07, 6.45) is 1.95. The van der Waals surface area contributed by atoms with Crippen LogP contribution in [0, 0.1) is 11.3 Å². The molecule has 6 nitrogen and oxygen atoms in total. The molecule has 2 rings (SSSR count). The number of hydrogen-bond acceptors (Lipinski definition) is 5. The molecule has 1 aliphatic heterocycles. The maximum Gasteiger partial charge on any atom is 0.0967 e. The molecule has 6 heteroatoms. The molecule has 1 aromatic heterocycles. The zero-order chi connectivity index (χ0) is 11.4. The summed E-state index contributed by atoms with van der Waals surface area (Å²) in [7, 11) is 1.88. The summed E-state index contributed by atoms with van der Waals surface area (Å²) in [5.74, 6) is 0. The molecule has 1 fully saturated rings. The first-order valence-corrected chi connectivity index (χ1v) is 5.45. The summed E-state index contributed by atoms with van der Waals surface area (Å²) in [6, 6.07) is 2.19. The molecule has 0 amide bonds. The van der Waals surface area contributed by atoms with Gasteiger partial charge in [0.15, 0.2) is 0 Å². The van der Waals surface area contributed by atoms with Crippen molar-refractivity contribution in [1.29, 1.82) is 5.26 Å². The maximum absolute atomic E-state index is 8.60. The van der Waals surface area contributed by atoms with Crippen LogP contribution in [-0.2, 0) is 13.6 Å². The highest BCUT2D eigenvalue weighted by molar-refractivity contribution is 4.92. The summed E-state index contributed by atoms with van der Waals surface area (Å²) in [4.78, 5) is 4.52. The SMILES string of the molecule is Cn1cc(CN2CCN(CC#N)CC2)nn1. The third kappa shape index (κ3) is 2.78. The van der Waals surface area contributed by atoms with Crippen molar-refractivity contribution in [3.8, 4) is 6.07 Å². The lowest BCUT2D eigenvalue weighted by atomic mass is 10.3. The Kier molecular flexibility index (Phi) is 3.49. The van der Waals surface area contributed by atoms with Gasteiger partial charge in [-0.05, 0) is 0 Å². The Morgan fingerprint density at radius 3 is 2.56 bits per heavy atom. The fourth-order valence-electron chi connectivity index (χ4n) is 1.90. The van der Waals surface area contributed by atoms with E-state index in [0.717, 1.165) is 38.4 Å². The molecule has 86 valence electrons. The highest BCUT2D eigenvalue weighted by Crippen LogP contribution is 2.05. The Hall–Kier alpha value is -1.45. The zero-order valence-corrected chi connectivity index (χ0v) is 9.50. The van der Waals surface area contributed by atoms with E-state index < -0.39 is 0 Å². The van der Waals surface area contributed by atoms with Crippen LogP contribution in [-0.4, -0.2) is 57.5 Å². The third-order valence-electron chi connectivity index (χ3n) is 2.79. The Morgan fingerprint density at radius 1 is 1.31 bits per heavy atom. The molecule has 16 heavy (non-hydrogen) atoms. The van der Waals surface area contributed by atoms with E-state index in [0.29, 0.717) is 6.54 Å². The van der Waals surface area contributed by atoms with Crippen LogP contribution in [0.25, 0.3) is 0 Å². The van der Waals surface area contributed by atoms with Crippen LogP contribution in [0.5, 0.6) is 0 Å². The molecule has 0 bridgehead atoms. The van der Waals surface area contributed by atoms with Gasteiger partial charge < -0.3 is 0 Å². The van der Waals surface area contributed by atoms with Crippen LogP contribution in [0.4, 0.5) is 0 Å². The number of aryl methyl sites for hydroxylation is 1. The lowest BCUT2D eigenvalue weighted by molar-refractivity contribution is 0.137. The van der Waals surface area contributed by atoms with Gasteiger partial charge in [-0.25, -0.2) is 0 Å². The van der Waals surface area contributed by atoms with Gasteiger partial charge in [-0.15, -0.1) is 5.10 Å². The maximum atomic E-state index is 8.60. The Labute approximate surface area is 95.1 Å². The first-order chi connectivity index (χ1) is 7.78. The Balaban J connectivity index is 1.79. The molecule has 0 atom stereocenters. The van der Waals surface area contributed by atoms with Crippen molar-refractivity contribution in [2.45, 2.75) is 6.54 Å². The monoisotopic (exact) mass is 220 g/mol. The normalized spacial score (nSPS) is 18.5. The lowest BCUT2D eigenvalue weighted by Crippen LogP contribution is -2.45. The largest absolute Gasteiger partial charge is 0.295 e. The summed E-state index contributed by atoms with van der Waals surface area (Å²) < 4.78 is 1.72. The molecule has 0 aromatic carbocycles. The number of piperazine rings is 1. The number of nitrogens with zero attached hydrogens (tertiary/aromatic N) is 6. The Morgan fingerprint density at radius 2 is 2.00 bits per heavy atom. The summed E-state index contributed by atoms with van der Waals surface area (Å²) >= 11 is 0. The first-order valence-electron chi connectivity index (χ1n) is 5.45. The highest BCUT2D eigenvalue weighted by atomic mass is 15.4. The van der Waals surface area contributed by atoms with Gasteiger partial charge in [0, 0.05) is 46.0 Å². The second-order valence-corrected chi connectivity index (χ2v) is 4.09. The summed E-state index contributed by atoms with van der Waals surface area (Å²) in [5, 5.41) is 16.6. The number of hydrogen-bond donors (Lipinski definition) is 0. The minimum absolute atomic E-state index is 0.541. The van der Waals surface area contributed by atoms with Gasteiger partial charge in [-0.1, -0.05) is 5.21 Å². The van der Waals surface area contributed by atoms with E-state index in [1.54, 1.807) is 4.68 Å². The average molecular weight is 220 g/mol. The van der Waals surface area contributed by atoms with Gasteiger partial charge in [0.25, 0.3) is 0 Å². The fourth-order valence-corrected chi connectivity index (χ4v) is 1.90. The molecule has 0 unspecified atom stereocenters. The second-order valence-electron chi connectivity index (χ2n) is 4.09. The quantitative estimate of drug-likeness (QED) is 0.640. The van der Waals surface area contributed by atoms with E-state index in [1.807, 2.05) is 13.2 Å². The van der Waals surface area contributed by atoms with Gasteiger partial charge in [-0.3, -0.25) is 14.5 Å². The molecule has 0 N–H and O–H groups in total. The number of aromatic nitrogens is 3. The van der Waals surface area contributed by atoms with E-state index in [-0.39, 0.29) is 0 Å². The van der Waals surface area contributed by atoms with Crippen LogP contribution < -0.4 is 0 Å². The highest BCUT2D eigenvalue weighted by Gasteiger charge is 2.17. The van der Waals surface area contributed by atoms with Crippen molar-refractivity contribution in [3.05, 3.63) is 11.9 Å². The molecule has 1 saturated heterocycles. The van der Waals surface area contributed by atoms with Crippen molar-refractivity contribution in [2.75, 3.05) is 32.7 Å². The lowest BCUT2D eigenvalue weighted by Gasteiger charge is -2.32. The van der Waals surface area contributed by atoms with Crippen LogP contribution in [0.15, 0.2) is 6.20 Å². The molecule has 2 heterocycles. The smallest absolute Gasteiger partial charge is 0.0967 e. The summed E-state index contributed by atoms with van der Waals surface area (Å²) in [6.45, 7) is 5.32. The number of rotatable bonds is 3. The van der Waals surface area contributed by atoms with Gasteiger partial charge in [0.05, 0.1) is 18.3 Å². The van der Waals surface area contributed by atoms with Gasteiger partial charge >= 0.3 is 0 Å². The van der Waals surface area contributed by atoms with E-state index >= 15 is 0 Å². The fraction of sp³-hybridized carbons (Fsp3) is 0.700. The first kappa shape index (κ1) is 11.0. The molecular formula is C10H16N6. The predicted octanol–water partition coefficient (Wildman–Crippen LogP) is -0.544. The average Bonchev–Trinajstić information content (AvgIpc) is 2.67. The van der Waals surface area contributed by atoms with E-state index in [2.05, 4.69) is 26.2 Å². The summed E-state index contributed by atoms with van der Waals surface area (Å²) in [5.41, 5.74) is 1.01. The minimum atomic E-state index is 0.541. The van der Waals surface area contributed by atoms with Gasteiger partial charge in [-0.2, -0.15) is 5.26 Å². The molecule has 1 aromatic rings. The standard InChI is InChI=1S/C10H16N6/c1-14-8-10(12-13-14)9-16-6-4-15(3-2-11)5-7-16/h8H,3-7,9H2,1H3. The van der Waals surface area contributed by atoms with Crippen molar-refractivity contribution < 1.29 is 0 Å². The van der Waals surface area contributed by atoms with Crippen LogP contribution in [0.1, 0.15) is 5.69 Å². The van der Waals surface area contributed by atoms with Crippen molar-refractivity contribution >= 4 is 0 Å².